The first kappa shape index (κ1) is 12.2. The molecule has 0 radical (unpaired) electrons. The SMILES string of the molecule is CCCC(C)C(CN)c1cccc(F)c1. The Bertz CT molecular complexity index is 298. The van der Waals surface area contributed by atoms with Crippen LogP contribution in [0.15, 0.2) is 24.3 Å². The number of nitrogens with two attached hydrogens (primary N) is 1. The number of halogens is 1. The summed E-state index contributed by atoms with van der Waals surface area (Å²) in [6.45, 7) is 4.94. The van der Waals surface area contributed by atoms with E-state index in [1.807, 2.05) is 6.07 Å². The van der Waals surface area contributed by atoms with Crippen LogP contribution in [0.5, 0.6) is 0 Å². The van der Waals surface area contributed by atoms with E-state index in [0.29, 0.717) is 12.5 Å². The second kappa shape index (κ2) is 5.86. The molecule has 15 heavy (non-hydrogen) atoms. The molecule has 1 rings (SSSR count). The summed E-state index contributed by atoms with van der Waals surface area (Å²) in [5, 5.41) is 0. The fourth-order valence-electron chi connectivity index (χ4n) is 2.09. The van der Waals surface area contributed by atoms with Gasteiger partial charge in [-0.25, -0.2) is 4.39 Å². The van der Waals surface area contributed by atoms with E-state index in [2.05, 4.69) is 13.8 Å². The highest BCUT2D eigenvalue weighted by Crippen LogP contribution is 2.27. The Morgan fingerprint density at radius 2 is 2.13 bits per heavy atom. The van der Waals surface area contributed by atoms with Crippen LogP contribution >= 0.6 is 0 Å². The molecule has 0 aliphatic carbocycles. The number of hydrogen-bond acceptors (Lipinski definition) is 1. The summed E-state index contributed by atoms with van der Waals surface area (Å²) in [5.74, 6) is 0.622. The summed E-state index contributed by atoms with van der Waals surface area (Å²) >= 11 is 0. The topological polar surface area (TPSA) is 26.0 Å². The fourth-order valence-corrected chi connectivity index (χ4v) is 2.09. The van der Waals surface area contributed by atoms with Gasteiger partial charge in [-0.2, -0.15) is 0 Å². The van der Waals surface area contributed by atoms with Crippen LogP contribution in [0.3, 0.4) is 0 Å². The van der Waals surface area contributed by atoms with Gasteiger partial charge in [0.25, 0.3) is 0 Å². The molecule has 2 atom stereocenters. The van der Waals surface area contributed by atoms with Crippen LogP contribution in [0.25, 0.3) is 0 Å². The van der Waals surface area contributed by atoms with Crippen molar-refractivity contribution >= 4 is 0 Å². The van der Waals surface area contributed by atoms with Gasteiger partial charge < -0.3 is 5.73 Å². The Labute approximate surface area is 91.5 Å². The van der Waals surface area contributed by atoms with Gasteiger partial charge in [0.15, 0.2) is 0 Å². The average Bonchev–Trinajstić information content (AvgIpc) is 2.19. The molecular weight excluding hydrogens is 189 g/mol. The van der Waals surface area contributed by atoms with Gasteiger partial charge in [-0.3, -0.25) is 0 Å². The van der Waals surface area contributed by atoms with Crippen molar-refractivity contribution in [1.29, 1.82) is 0 Å². The first-order valence-electron chi connectivity index (χ1n) is 5.64. The number of rotatable bonds is 5. The zero-order valence-electron chi connectivity index (χ0n) is 9.54. The quantitative estimate of drug-likeness (QED) is 0.791. The summed E-state index contributed by atoms with van der Waals surface area (Å²) in [7, 11) is 0. The van der Waals surface area contributed by atoms with E-state index in [-0.39, 0.29) is 11.7 Å². The van der Waals surface area contributed by atoms with Gasteiger partial charge in [-0.1, -0.05) is 38.8 Å². The van der Waals surface area contributed by atoms with E-state index in [4.69, 9.17) is 5.73 Å². The van der Waals surface area contributed by atoms with Crippen LogP contribution in [-0.4, -0.2) is 6.54 Å². The van der Waals surface area contributed by atoms with E-state index in [9.17, 15) is 4.39 Å². The Hall–Kier alpha value is -0.890. The van der Waals surface area contributed by atoms with Crippen molar-refractivity contribution in [2.45, 2.75) is 32.6 Å². The standard InChI is InChI=1S/C13H20FN/c1-3-5-10(2)13(9-15)11-6-4-7-12(14)8-11/h4,6-8,10,13H,3,5,9,15H2,1-2H3. The predicted octanol–water partition coefficient (Wildman–Crippen LogP) is 3.30. The largest absolute Gasteiger partial charge is 0.330 e. The van der Waals surface area contributed by atoms with E-state index in [1.54, 1.807) is 12.1 Å². The minimum atomic E-state index is -0.172. The molecule has 0 saturated carbocycles. The zero-order valence-corrected chi connectivity index (χ0v) is 9.54. The van der Waals surface area contributed by atoms with E-state index in [1.165, 1.54) is 6.07 Å². The van der Waals surface area contributed by atoms with Crippen molar-refractivity contribution < 1.29 is 4.39 Å². The maximum atomic E-state index is 13.1. The third-order valence-electron chi connectivity index (χ3n) is 2.96. The third-order valence-corrected chi connectivity index (χ3v) is 2.96. The van der Waals surface area contributed by atoms with Crippen LogP contribution in [-0.2, 0) is 0 Å². The molecule has 1 aromatic carbocycles. The smallest absolute Gasteiger partial charge is 0.123 e. The highest BCUT2D eigenvalue weighted by molar-refractivity contribution is 5.21. The van der Waals surface area contributed by atoms with E-state index in [0.717, 1.165) is 18.4 Å². The second-order valence-corrected chi connectivity index (χ2v) is 4.16. The molecule has 84 valence electrons. The van der Waals surface area contributed by atoms with Crippen LogP contribution in [0.2, 0.25) is 0 Å². The van der Waals surface area contributed by atoms with Gasteiger partial charge in [0.1, 0.15) is 5.82 Å². The predicted molar refractivity (Wildman–Crippen MR) is 62.3 cm³/mol. The van der Waals surface area contributed by atoms with Crippen molar-refractivity contribution in [3.63, 3.8) is 0 Å². The van der Waals surface area contributed by atoms with Gasteiger partial charge in [-0.05, 0) is 36.1 Å². The molecule has 0 aliphatic rings. The lowest BCUT2D eigenvalue weighted by Gasteiger charge is -2.22. The molecule has 0 aliphatic heterocycles. The Morgan fingerprint density at radius 3 is 2.67 bits per heavy atom. The third kappa shape index (κ3) is 3.31. The first-order chi connectivity index (χ1) is 7.19. The lowest BCUT2D eigenvalue weighted by Crippen LogP contribution is -2.19. The van der Waals surface area contributed by atoms with Crippen LogP contribution in [0, 0.1) is 11.7 Å². The normalized spacial score (nSPS) is 14.9. The Balaban J connectivity index is 2.82. The van der Waals surface area contributed by atoms with Gasteiger partial charge in [0.2, 0.25) is 0 Å². The fraction of sp³-hybridized carbons (Fsp3) is 0.538. The van der Waals surface area contributed by atoms with Crippen molar-refractivity contribution in [3.8, 4) is 0 Å². The lowest BCUT2D eigenvalue weighted by molar-refractivity contribution is 0.428. The molecule has 0 saturated heterocycles. The molecule has 0 aromatic heterocycles. The van der Waals surface area contributed by atoms with Gasteiger partial charge in [0, 0.05) is 0 Å². The maximum absolute atomic E-state index is 13.1. The average molecular weight is 209 g/mol. The molecule has 2 N–H and O–H groups in total. The van der Waals surface area contributed by atoms with Crippen molar-refractivity contribution in [2.24, 2.45) is 11.7 Å². The minimum Gasteiger partial charge on any atom is -0.330 e. The summed E-state index contributed by atoms with van der Waals surface area (Å²) in [6.07, 6.45) is 2.28. The monoisotopic (exact) mass is 209 g/mol. The van der Waals surface area contributed by atoms with E-state index < -0.39 is 0 Å². The van der Waals surface area contributed by atoms with Crippen LogP contribution in [0.4, 0.5) is 4.39 Å². The molecule has 0 spiro atoms. The summed E-state index contributed by atoms with van der Waals surface area (Å²) in [6, 6.07) is 6.80. The maximum Gasteiger partial charge on any atom is 0.123 e. The van der Waals surface area contributed by atoms with Gasteiger partial charge >= 0.3 is 0 Å². The summed E-state index contributed by atoms with van der Waals surface area (Å²) < 4.78 is 13.1. The molecule has 1 nitrogen and oxygen atoms in total. The number of benzene rings is 1. The summed E-state index contributed by atoms with van der Waals surface area (Å²) in [5.41, 5.74) is 6.79. The van der Waals surface area contributed by atoms with Crippen molar-refractivity contribution in [3.05, 3.63) is 35.6 Å². The summed E-state index contributed by atoms with van der Waals surface area (Å²) in [4.78, 5) is 0. The lowest BCUT2D eigenvalue weighted by atomic mass is 9.84. The highest BCUT2D eigenvalue weighted by Gasteiger charge is 2.17. The Kier molecular flexibility index (Phi) is 4.76. The number of hydrogen-bond donors (Lipinski definition) is 1. The first-order valence-corrected chi connectivity index (χ1v) is 5.64. The molecule has 1 aromatic rings. The van der Waals surface area contributed by atoms with Gasteiger partial charge in [-0.15, -0.1) is 0 Å². The van der Waals surface area contributed by atoms with Crippen LogP contribution in [0.1, 0.15) is 38.2 Å². The molecule has 0 bridgehead atoms. The molecule has 0 heterocycles. The minimum absolute atomic E-state index is 0.172. The molecule has 2 heteroatoms. The Morgan fingerprint density at radius 1 is 1.40 bits per heavy atom. The van der Waals surface area contributed by atoms with Crippen molar-refractivity contribution in [2.75, 3.05) is 6.54 Å². The molecule has 0 fully saturated rings. The molecule has 0 amide bonds. The molecule has 2 unspecified atom stereocenters. The highest BCUT2D eigenvalue weighted by atomic mass is 19.1. The van der Waals surface area contributed by atoms with E-state index >= 15 is 0 Å². The van der Waals surface area contributed by atoms with Crippen LogP contribution < -0.4 is 5.73 Å². The molecular formula is C13H20FN. The second-order valence-electron chi connectivity index (χ2n) is 4.16. The van der Waals surface area contributed by atoms with Gasteiger partial charge in [0.05, 0.1) is 0 Å². The zero-order chi connectivity index (χ0) is 11.3. The van der Waals surface area contributed by atoms with Crippen molar-refractivity contribution in [1.82, 2.24) is 0 Å².